The molecule has 0 unspecified atom stereocenters. The number of tetrazole rings is 1. The molecular formula is C20H27N7O2. The van der Waals surface area contributed by atoms with Gasteiger partial charge in [0.2, 0.25) is 11.8 Å². The Morgan fingerprint density at radius 2 is 2.03 bits per heavy atom. The van der Waals surface area contributed by atoms with Gasteiger partial charge in [-0.1, -0.05) is 6.07 Å². The normalized spacial score (nSPS) is 19.0. The number of rotatable bonds is 5. The van der Waals surface area contributed by atoms with Crippen LogP contribution in [0.4, 0.5) is 0 Å². The summed E-state index contributed by atoms with van der Waals surface area (Å²) < 4.78 is 1.66. The lowest BCUT2D eigenvalue weighted by atomic mass is 9.72. The molecule has 1 spiro atoms. The standard InChI is InChI=1S/C20H27N7O2/c1-16-22-23-24-27(16)11-6-19(29)25-12-8-20(9-13-25)7-5-18(28)26(15-20)14-17-4-2-3-10-21-17/h2-4,10H,5-9,11-15H2,1H3. The third-order valence-electron chi connectivity index (χ3n) is 6.25. The van der Waals surface area contributed by atoms with Crippen LogP contribution < -0.4 is 0 Å². The summed E-state index contributed by atoms with van der Waals surface area (Å²) in [5, 5.41) is 11.4. The van der Waals surface area contributed by atoms with Gasteiger partial charge in [0.1, 0.15) is 5.82 Å². The minimum absolute atomic E-state index is 0.117. The van der Waals surface area contributed by atoms with Crippen LogP contribution >= 0.6 is 0 Å². The summed E-state index contributed by atoms with van der Waals surface area (Å²) in [5.74, 6) is 1.07. The van der Waals surface area contributed by atoms with Gasteiger partial charge in [-0.15, -0.1) is 5.10 Å². The lowest BCUT2D eigenvalue weighted by Gasteiger charge is -2.47. The number of aryl methyl sites for hydroxylation is 2. The zero-order valence-corrected chi connectivity index (χ0v) is 16.8. The predicted octanol–water partition coefficient (Wildman–Crippen LogP) is 1.20. The molecule has 2 amide bonds. The number of hydrogen-bond acceptors (Lipinski definition) is 6. The van der Waals surface area contributed by atoms with Crippen molar-refractivity contribution >= 4 is 11.8 Å². The van der Waals surface area contributed by atoms with Crippen molar-refractivity contribution < 1.29 is 9.59 Å². The Bertz CT molecular complexity index is 859. The smallest absolute Gasteiger partial charge is 0.224 e. The van der Waals surface area contributed by atoms with Crippen LogP contribution in [0.1, 0.15) is 43.6 Å². The fourth-order valence-electron chi connectivity index (χ4n) is 4.39. The second-order valence-electron chi connectivity index (χ2n) is 8.15. The van der Waals surface area contributed by atoms with Gasteiger partial charge in [0.25, 0.3) is 0 Å². The topological polar surface area (TPSA) is 97.1 Å². The first-order valence-electron chi connectivity index (χ1n) is 10.2. The number of carbonyl (C=O) groups excluding carboxylic acids is 2. The third kappa shape index (κ3) is 4.44. The van der Waals surface area contributed by atoms with Crippen molar-refractivity contribution in [2.45, 2.75) is 52.1 Å². The second kappa shape index (κ2) is 8.26. The van der Waals surface area contributed by atoms with E-state index in [-0.39, 0.29) is 17.2 Å². The number of aromatic nitrogens is 5. The number of carbonyl (C=O) groups is 2. The number of pyridine rings is 1. The van der Waals surface area contributed by atoms with Crippen LogP contribution in [0.5, 0.6) is 0 Å². The number of amides is 2. The van der Waals surface area contributed by atoms with E-state index in [2.05, 4.69) is 20.5 Å². The maximum absolute atomic E-state index is 12.6. The first-order valence-corrected chi connectivity index (χ1v) is 10.2. The molecule has 154 valence electrons. The Kier molecular flexibility index (Phi) is 5.55. The van der Waals surface area contributed by atoms with Gasteiger partial charge in [-0.05, 0) is 54.2 Å². The maximum Gasteiger partial charge on any atom is 0.224 e. The molecule has 4 heterocycles. The van der Waals surface area contributed by atoms with E-state index in [0.717, 1.165) is 50.4 Å². The van der Waals surface area contributed by atoms with Gasteiger partial charge >= 0.3 is 0 Å². The molecule has 0 N–H and O–H groups in total. The molecule has 9 heteroatoms. The molecule has 29 heavy (non-hydrogen) atoms. The predicted molar refractivity (Wildman–Crippen MR) is 104 cm³/mol. The summed E-state index contributed by atoms with van der Waals surface area (Å²) in [5.41, 5.74) is 1.04. The Morgan fingerprint density at radius 3 is 2.72 bits per heavy atom. The van der Waals surface area contributed by atoms with E-state index in [1.165, 1.54) is 0 Å². The number of hydrogen-bond donors (Lipinski definition) is 0. The third-order valence-corrected chi connectivity index (χ3v) is 6.25. The summed E-state index contributed by atoms with van der Waals surface area (Å²) in [4.78, 5) is 33.3. The minimum Gasteiger partial charge on any atom is -0.343 e. The van der Waals surface area contributed by atoms with Crippen molar-refractivity contribution in [3.63, 3.8) is 0 Å². The molecular weight excluding hydrogens is 370 g/mol. The van der Waals surface area contributed by atoms with E-state index < -0.39 is 0 Å². The van der Waals surface area contributed by atoms with Gasteiger partial charge in [-0.25, -0.2) is 4.68 Å². The van der Waals surface area contributed by atoms with Crippen molar-refractivity contribution in [3.8, 4) is 0 Å². The van der Waals surface area contributed by atoms with Crippen molar-refractivity contribution in [2.75, 3.05) is 19.6 Å². The molecule has 0 bridgehead atoms. The van der Waals surface area contributed by atoms with Crippen molar-refractivity contribution in [1.29, 1.82) is 0 Å². The van der Waals surface area contributed by atoms with Crippen molar-refractivity contribution in [3.05, 3.63) is 35.9 Å². The Hall–Kier alpha value is -2.84. The average Bonchev–Trinajstić information content (AvgIpc) is 3.15. The van der Waals surface area contributed by atoms with E-state index in [4.69, 9.17) is 0 Å². The molecule has 4 rings (SSSR count). The molecule has 2 saturated heterocycles. The summed E-state index contributed by atoms with van der Waals surface area (Å²) >= 11 is 0. The van der Waals surface area contributed by atoms with E-state index in [9.17, 15) is 9.59 Å². The van der Waals surface area contributed by atoms with Crippen LogP contribution in [-0.4, -0.2) is 66.4 Å². The van der Waals surface area contributed by atoms with Crippen LogP contribution in [0.3, 0.4) is 0 Å². The zero-order valence-electron chi connectivity index (χ0n) is 16.8. The van der Waals surface area contributed by atoms with Gasteiger partial charge in [0.05, 0.1) is 18.8 Å². The largest absolute Gasteiger partial charge is 0.343 e. The highest BCUT2D eigenvalue weighted by atomic mass is 16.2. The highest BCUT2D eigenvalue weighted by Crippen LogP contribution is 2.40. The lowest BCUT2D eigenvalue weighted by molar-refractivity contribution is -0.143. The fourth-order valence-corrected chi connectivity index (χ4v) is 4.39. The minimum atomic E-state index is 0.117. The van der Waals surface area contributed by atoms with Crippen molar-refractivity contribution in [1.82, 2.24) is 35.0 Å². The molecule has 0 atom stereocenters. The van der Waals surface area contributed by atoms with Gasteiger partial charge < -0.3 is 9.80 Å². The quantitative estimate of drug-likeness (QED) is 0.752. The molecule has 9 nitrogen and oxygen atoms in total. The molecule has 2 aliphatic rings. The molecule has 2 aromatic rings. The first-order chi connectivity index (χ1) is 14.0. The van der Waals surface area contributed by atoms with Gasteiger partial charge in [-0.2, -0.15) is 0 Å². The van der Waals surface area contributed by atoms with E-state index in [1.807, 2.05) is 34.9 Å². The lowest BCUT2D eigenvalue weighted by Crippen LogP contribution is -2.52. The van der Waals surface area contributed by atoms with Gasteiger partial charge in [0.15, 0.2) is 0 Å². The fraction of sp³-hybridized carbons (Fsp3) is 0.600. The number of piperidine rings is 2. The Labute approximate surface area is 170 Å². The summed E-state index contributed by atoms with van der Waals surface area (Å²) in [7, 11) is 0. The highest BCUT2D eigenvalue weighted by molar-refractivity contribution is 5.77. The summed E-state index contributed by atoms with van der Waals surface area (Å²) in [6, 6.07) is 5.80. The zero-order chi connectivity index (χ0) is 20.3. The van der Waals surface area contributed by atoms with Crippen LogP contribution in [-0.2, 0) is 22.7 Å². The molecule has 0 aliphatic carbocycles. The molecule has 2 aliphatic heterocycles. The monoisotopic (exact) mass is 397 g/mol. The summed E-state index contributed by atoms with van der Waals surface area (Å²) in [6.07, 6.45) is 5.54. The van der Waals surface area contributed by atoms with Crippen LogP contribution in [0.2, 0.25) is 0 Å². The molecule has 0 saturated carbocycles. The second-order valence-corrected chi connectivity index (χ2v) is 8.15. The van der Waals surface area contributed by atoms with E-state index in [0.29, 0.717) is 25.9 Å². The van der Waals surface area contributed by atoms with Crippen molar-refractivity contribution in [2.24, 2.45) is 5.41 Å². The molecule has 2 fully saturated rings. The SMILES string of the molecule is Cc1nnnn1CCC(=O)N1CCC2(CCC(=O)N(Cc3ccccn3)C2)CC1. The molecule has 0 radical (unpaired) electrons. The van der Waals surface area contributed by atoms with Crippen LogP contribution in [0.25, 0.3) is 0 Å². The van der Waals surface area contributed by atoms with E-state index in [1.54, 1.807) is 10.9 Å². The maximum atomic E-state index is 12.6. The van der Waals surface area contributed by atoms with Crippen LogP contribution in [0.15, 0.2) is 24.4 Å². The van der Waals surface area contributed by atoms with E-state index >= 15 is 0 Å². The van der Waals surface area contributed by atoms with Crippen LogP contribution in [0, 0.1) is 12.3 Å². The van der Waals surface area contributed by atoms with Gasteiger partial charge in [-0.3, -0.25) is 14.6 Å². The molecule has 2 aromatic heterocycles. The molecule has 0 aromatic carbocycles. The van der Waals surface area contributed by atoms with Gasteiger partial charge in [0, 0.05) is 38.7 Å². The number of nitrogens with zero attached hydrogens (tertiary/aromatic N) is 7. The number of likely N-dealkylation sites (tertiary alicyclic amines) is 2. The summed E-state index contributed by atoms with van der Waals surface area (Å²) in [6.45, 7) is 5.16. The highest BCUT2D eigenvalue weighted by Gasteiger charge is 2.41. The Balaban J connectivity index is 1.31. The Morgan fingerprint density at radius 1 is 1.21 bits per heavy atom. The average molecular weight is 397 g/mol. The first kappa shape index (κ1) is 19.5.